The summed E-state index contributed by atoms with van der Waals surface area (Å²) in [6, 6.07) is -0.151. The van der Waals surface area contributed by atoms with Gasteiger partial charge >= 0.3 is 6.09 Å². The first kappa shape index (κ1) is 15.3. The molecule has 1 fully saturated rings. The molecule has 0 aliphatic heterocycles. The van der Waals surface area contributed by atoms with Gasteiger partial charge in [-0.25, -0.2) is 4.79 Å². The molecule has 0 aromatic rings. The summed E-state index contributed by atoms with van der Waals surface area (Å²) >= 11 is 0. The number of carbonyl (C=O) groups excluding carboxylic acids is 1. The molecule has 0 spiro atoms. The monoisotopic (exact) mass is 257 g/mol. The minimum absolute atomic E-state index is 0.000617. The minimum atomic E-state index is -0.390. The number of aliphatic hydroxyl groups excluding tert-OH is 1. The second-order valence-corrected chi connectivity index (χ2v) is 5.25. The standard InChI is InChI=1S/C14H27NO3/c1-2-3-9-18-14(17)15-13(11-16)10-12-7-5-4-6-8-12/h12-13,16H,2-11H2,1H3,(H,15,17). The Kier molecular flexibility index (Phi) is 7.81. The molecular weight excluding hydrogens is 230 g/mol. The van der Waals surface area contributed by atoms with Gasteiger partial charge in [0.05, 0.1) is 19.3 Å². The van der Waals surface area contributed by atoms with Crippen LogP contribution in [0.3, 0.4) is 0 Å². The molecule has 0 aromatic heterocycles. The van der Waals surface area contributed by atoms with Crippen LogP contribution in [0.2, 0.25) is 0 Å². The van der Waals surface area contributed by atoms with Crippen LogP contribution in [-0.4, -0.2) is 30.5 Å². The Morgan fingerprint density at radius 3 is 2.72 bits per heavy atom. The Balaban J connectivity index is 2.20. The highest BCUT2D eigenvalue weighted by atomic mass is 16.5. The van der Waals surface area contributed by atoms with E-state index in [0.717, 1.165) is 19.3 Å². The van der Waals surface area contributed by atoms with Gasteiger partial charge in [-0.15, -0.1) is 0 Å². The molecule has 0 bridgehead atoms. The first-order chi connectivity index (χ1) is 8.76. The van der Waals surface area contributed by atoms with Crippen LogP contribution in [0.4, 0.5) is 4.79 Å². The Morgan fingerprint density at radius 1 is 1.39 bits per heavy atom. The lowest BCUT2D eigenvalue weighted by molar-refractivity contribution is 0.128. The third kappa shape index (κ3) is 6.24. The van der Waals surface area contributed by atoms with Crippen molar-refractivity contribution in [3.63, 3.8) is 0 Å². The van der Waals surface area contributed by atoms with E-state index in [9.17, 15) is 9.90 Å². The molecule has 106 valence electrons. The van der Waals surface area contributed by atoms with E-state index < -0.39 is 6.09 Å². The number of hydrogen-bond donors (Lipinski definition) is 2. The van der Waals surface area contributed by atoms with Crippen molar-refractivity contribution in [1.82, 2.24) is 5.32 Å². The van der Waals surface area contributed by atoms with Crippen molar-refractivity contribution in [1.29, 1.82) is 0 Å². The highest BCUT2D eigenvalue weighted by Crippen LogP contribution is 2.27. The summed E-state index contributed by atoms with van der Waals surface area (Å²) in [7, 11) is 0. The summed E-state index contributed by atoms with van der Waals surface area (Å²) in [6.07, 6.45) is 8.73. The number of nitrogens with one attached hydrogen (secondary N) is 1. The average Bonchev–Trinajstić information content (AvgIpc) is 2.39. The number of rotatable bonds is 7. The highest BCUT2D eigenvalue weighted by molar-refractivity contribution is 5.67. The van der Waals surface area contributed by atoms with Crippen molar-refractivity contribution in [3.05, 3.63) is 0 Å². The number of aliphatic hydroxyl groups is 1. The second-order valence-electron chi connectivity index (χ2n) is 5.25. The molecular formula is C14H27NO3. The summed E-state index contributed by atoms with van der Waals surface area (Å²) in [5.74, 6) is 0.645. The number of unbranched alkanes of at least 4 members (excludes halogenated alkanes) is 1. The molecule has 1 aliphatic rings. The van der Waals surface area contributed by atoms with Crippen molar-refractivity contribution in [2.45, 2.75) is 64.3 Å². The molecule has 1 unspecified atom stereocenters. The van der Waals surface area contributed by atoms with Gasteiger partial charge in [0.25, 0.3) is 0 Å². The van der Waals surface area contributed by atoms with E-state index in [1.54, 1.807) is 0 Å². The molecule has 0 saturated heterocycles. The highest BCUT2D eigenvalue weighted by Gasteiger charge is 2.20. The fourth-order valence-corrected chi connectivity index (χ4v) is 2.52. The van der Waals surface area contributed by atoms with Crippen LogP contribution in [0.1, 0.15) is 58.3 Å². The Bertz CT molecular complexity index is 227. The maximum atomic E-state index is 11.5. The van der Waals surface area contributed by atoms with Crippen LogP contribution >= 0.6 is 0 Å². The number of amides is 1. The van der Waals surface area contributed by atoms with Crippen LogP contribution in [-0.2, 0) is 4.74 Å². The maximum Gasteiger partial charge on any atom is 0.407 e. The molecule has 1 atom stereocenters. The van der Waals surface area contributed by atoms with E-state index in [1.807, 2.05) is 0 Å². The van der Waals surface area contributed by atoms with Gasteiger partial charge in [-0.1, -0.05) is 45.4 Å². The summed E-state index contributed by atoms with van der Waals surface area (Å²) < 4.78 is 5.04. The number of carbonyl (C=O) groups is 1. The van der Waals surface area contributed by atoms with Crippen molar-refractivity contribution >= 4 is 6.09 Å². The van der Waals surface area contributed by atoms with Crippen LogP contribution in [0.25, 0.3) is 0 Å². The van der Waals surface area contributed by atoms with Crippen molar-refractivity contribution in [2.24, 2.45) is 5.92 Å². The van der Waals surface area contributed by atoms with E-state index in [1.165, 1.54) is 32.1 Å². The zero-order chi connectivity index (χ0) is 13.2. The molecule has 4 heteroatoms. The van der Waals surface area contributed by atoms with E-state index in [-0.39, 0.29) is 12.6 Å². The van der Waals surface area contributed by atoms with Crippen LogP contribution < -0.4 is 5.32 Å². The third-order valence-electron chi connectivity index (χ3n) is 3.62. The van der Waals surface area contributed by atoms with Crippen molar-refractivity contribution in [2.75, 3.05) is 13.2 Å². The average molecular weight is 257 g/mol. The molecule has 2 N–H and O–H groups in total. The Morgan fingerprint density at radius 2 is 2.11 bits per heavy atom. The van der Waals surface area contributed by atoms with Gasteiger partial charge in [-0.05, 0) is 18.8 Å². The first-order valence-electron chi connectivity index (χ1n) is 7.30. The number of alkyl carbamates (subject to hydrolysis) is 1. The summed E-state index contributed by atoms with van der Waals surface area (Å²) in [5.41, 5.74) is 0. The van der Waals surface area contributed by atoms with Gasteiger partial charge in [0, 0.05) is 0 Å². The van der Waals surface area contributed by atoms with E-state index in [4.69, 9.17) is 4.74 Å². The maximum absolute atomic E-state index is 11.5. The van der Waals surface area contributed by atoms with Crippen LogP contribution in [0, 0.1) is 5.92 Å². The van der Waals surface area contributed by atoms with Gasteiger partial charge in [-0.2, -0.15) is 0 Å². The molecule has 0 radical (unpaired) electrons. The van der Waals surface area contributed by atoms with Crippen molar-refractivity contribution < 1.29 is 14.6 Å². The second kappa shape index (κ2) is 9.20. The van der Waals surface area contributed by atoms with E-state index in [0.29, 0.717) is 12.5 Å². The fraction of sp³-hybridized carbons (Fsp3) is 0.929. The molecule has 1 rings (SSSR count). The van der Waals surface area contributed by atoms with Gasteiger partial charge < -0.3 is 15.2 Å². The lowest BCUT2D eigenvalue weighted by Gasteiger charge is -2.25. The molecule has 4 nitrogen and oxygen atoms in total. The predicted molar refractivity (Wildman–Crippen MR) is 71.5 cm³/mol. The van der Waals surface area contributed by atoms with E-state index in [2.05, 4.69) is 12.2 Å². The van der Waals surface area contributed by atoms with Crippen LogP contribution in [0.15, 0.2) is 0 Å². The van der Waals surface area contributed by atoms with Gasteiger partial charge in [0.2, 0.25) is 0 Å². The van der Waals surface area contributed by atoms with Crippen LogP contribution in [0.5, 0.6) is 0 Å². The van der Waals surface area contributed by atoms with Crippen molar-refractivity contribution in [3.8, 4) is 0 Å². The third-order valence-corrected chi connectivity index (χ3v) is 3.62. The quantitative estimate of drug-likeness (QED) is 0.689. The van der Waals surface area contributed by atoms with Gasteiger partial charge in [0.1, 0.15) is 0 Å². The number of hydrogen-bond acceptors (Lipinski definition) is 3. The molecule has 1 amide bonds. The lowest BCUT2D eigenvalue weighted by atomic mass is 9.85. The molecule has 1 saturated carbocycles. The zero-order valence-electron chi connectivity index (χ0n) is 11.5. The molecule has 0 heterocycles. The summed E-state index contributed by atoms with van der Waals surface area (Å²) in [6.45, 7) is 2.52. The lowest BCUT2D eigenvalue weighted by Crippen LogP contribution is -2.39. The Labute approximate surface area is 110 Å². The molecule has 0 aromatic carbocycles. The largest absolute Gasteiger partial charge is 0.450 e. The summed E-state index contributed by atoms with van der Waals surface area (Å²) in [4.78, 5) is 11.5. The van der Waals surface area contributed by atoms with Gasteiger partial charge in [-0.3, -0.25) is 0 Å². The minimum Gasteiger partial charge on any atom is -0.450 e. The zero-order valence-corrected chi connectivity index (χ0v) is 11.5. The number of ether oxygens (including phenoxy) is 1. The molecule has 1 aliphatic carbocycles. The molecule has 18 heavy (non-hydrogen) atoms. The van der Waals surface area contributed by atoms with Gasteiger partial charge in [0.15, 0.2) is 0 Å². The first-order valence-corrected chi connectivity index (χ1v) is 7.30. The Hall–Kier alpha value is -0.770. The predicted octanol–water partition coefficient (Wildman–Crippen LogP) is 2.84. The summed E-state index contributed by atoms with van der Waals surface area (Å²) in [5, 5.41) is 12.1. The normalized spacial score (nSPS) is 18.3. The fourth-order valence-electron chi connectivity index (χ4n) is 2.52. The SMILES string of the molecule is CCCCOC(=O)NC(CO)CC1CCCCC1. The van der Waals surface area contributed by atoms with E-state index >= 15 is 0 Å². The smallest absolute Gasteiger partial charge is 0.407 e. The topological polar surface area (TPSA) is 58.6 Å².